The first-order valence-corrected chi connectivity index (χ1v) is 4.23. The quantitative estimate of drug-likeness (QED) is 0.758. The van der Waals surface area contributed by atoms with Crippen LogP contribution in [0.25, 0.3) is 0 Å². The van der Waals surface area contributed by atoms with Gasteiger partial charge in [-0.25, -0.2) is 0 Å². The fourth-order valence-electron chi connectivity index (χ4n) is 0.899. The van der Waals surface area contributed by atoms with Gasteiger partial charge in [0.1, 0.15) is 0 Å². The Kier molecular flexibility index (Phi) is 3.00. The van der Waals surface area contributed by atoms with E-state index in [4.69, 9.17) is 4.52 Å². The Morgan fingerprint density at radius 3 is 2.85 bits per heavy atom. The van der Waals surface area contributed by atoms with Crippen molar-refractivity contribution in [2.75, 3.05) is 0 Å². The summed E-state index contributed by atoms with van der Waals surface area (Å²) < 4.78 is 4.79. The molecule has 1 N–H and O–H groups in total. The number of amides is 1. The predicted molar refractivity (Wildman–Crippen MR) is 45.9 cm³/mol. The lowest BCUT2D eigenvalue weighted by atomic mass is 10.3. The monoisotopic (exact) mass is 183 g/mol. The van der Waals surface area contributed by atoms with Crippen molar-refractivity contribution >= 4 is 5.91 Å². The number of nitrogens with one attached hydrogen (secondary N) is 1. The van der Waals surface area contributed by atoms with E-state index in [2.05, 4.69) is 15.5 Å². The first-order chi connectivity index (χ1) is 6.13. The molecule has 0 spiro atoms. The van der Waals surface area contributed by atoms with E-state index in [0.717, 1.165) is 0 Å². The second-order valence-corrected chi connectivity index (χ2v) is 2.81. The van der Waals surface area contributed by atoms with Gasteiger partial charge >= 0.3 is 0 Å². The van der Waals surface area contributed by atoms with Gasteiger partial charge < -0.3 is 9.84 Å². The lowest BCUT2D eigenvalue weighted by Crippen LogP contribution is -2.26. The Morgan fingerprint density at radius 2 is 2.38 bits per heavy atom. The lowest BCUT2D eigenvalue weighted by molar-refractivity contribution is -0.121. The number of carbonyl (C=O) groups is 1. The van der Waals surface area contributed by atoms with Gasteiger partial charge in [-0.05, 0) is 6.92 Å². The number of hydrogen-bond acceptors (Lipinski definition) is 4. The van der Waals surface area contributed by atoms with Crippen LogP contribution >= 0.6 is 0 Å². The number of nitrogens with zero attached hydrogens (tertiary/aromatic N) is 2. The molecule has 1 amide bonds. The summed E-state index contributed by atoms with van der Waals surface area (Å²) in [5, 5.41) is 6.44. The Hall–Kier alpha value is -1.39. The summed E-state index contributed by atoms with van der Waals surface area (Å²) in [6.45, 7) is 5.33. The smallest absolute Gasteiger partial charge is 0.223 e. The third kappa shape index (κ3) is 2.54. The second-order valence-electron chi connectivity index (χ2n) is 2.81. The van der Waals surface area contributed by atoms with E-state index in [9.17, 15) is 4.79 Å². The molecule has 0 fully saturated rings. The largest absolute Gasteiger partial charge is 0.346 e. The molecule has 0 saturated heterocycles. The van der Waals surface area contributed by atoms with E-state index in [-0.39, 0.29) is 11.9 Å². The van der Waals surface area contributed by atoms with Crippen molar-refractivity contribution in [3.05, 3.63) is 11.7 Å². The van der Waals surface area contributed by atoms with Gasteiger partial charge in [-0.15, -0.1) is 0 Å². The Labute approximate surface area is 76.5 Å². The molecule has 1 aromatic rings. The van der Waals surface area contributed by atoms with Crippen LogP contribution in [0.2, 0.25) is 0 Å². The molecular weight excluding hydrogens is 170 g/mol. The highest BCUT2D eigenvalue weighted by molar-refractivity contribution is 5.75. The summed E-state index contributed by atoms with van der Waals surface area (Å²) in [5.74, 6) is 1.00. The van der Waals surface area contributed by atoms with E-state index < -0.39 is 0 Å². The summed E-state index contributed by atoms with van der Waals surface area (Å²) in [6, 6.07) is -0.190. The molecule has 0 aromatic carbocycles. The van der Waals surface area contributed by atoms with Crippen LogP contribution in [0.5, 0.6) is 0 Å². The molecule has 13 heavy (non-hydrogen) atoms. The van der Waals surface area contributed by atoms with Gasteiger partial charge in [-0.3, -0.25) is 4.79 Å². The maximum absolute atomic E-state index is 11.0. The summed E-state index contributed by atoms with van der Waals surface area (Å²) in [4.78, 5) is 15.0. The number of aromatic nitrogens is 2. The summed E-state index contributed by atoms with van der Waals surface area (Å²) >= 11 is 0. The first kappa shape index (κ1) is 9.70. The first-order valence-electron chi connectivity index (χ1n) is 4.23. The van der Waals surface area contributed by atoms with Gasteiger partial charge in [0.15, 0.2) is 5.82 Å². The zero-order valence-corrected chi connectivity index (χ0v) is 8.00. The number of carbonyl (C=O) groups excluding carboxylic acids is 1. The summed E-state index contributed by atoms with van der Waals surface area (Å²) in [7, 11) is 0. The lowest BCUT2D eigenvalue weighted by Gasteiger charge is -2.07. The minimum atomic E-state index is -0.190. The molecule has 1 atom stereocenters. The van der Waals surface area contributed by atoms with Gasteiger partial charge in [0.05, 0.1) is 6.04 Å². The molecule has 1 heterocycles. The third-order valence-electron chi connectivity index (χ3n) is 1.63. The van der Waals surface area contributed by atoms with Crippen LogP contribution in [-0.4, -0.2) is 16.0 Å². The average Bonchev–Trinajstić information content (AvgIpc) is 2.51. The molecule has 0 bridgehead atoms. The van der Waals surface area contributed by atoms with Crippen LogP contribution in [0.1, 0.15) is 38.0 Å². The van der Waals surface area contributed by atoms with Crippen LogP contribution in [0.3, 0.4) is 0 Å². The highest BCUT2D eigenvalue weighted by Crippen LogP contribution is 2.07. The van der Waals surface area contributed by atoms with E-state index >= 15 is 0 Å². The number of aryl methyl sites for hydroxylation is 1. The van der Waals surface area contributed by atoms with E-state index in [0.29, 0.717) is 18.1 Å². The molecule has 0 radical (unpaired) electrons. The van der Waals surface area contributed by atoms with Crippen molar-refractivity contribution in [2.45, 2.75) is 33.2 Å². The Morgan fingerprint density at radius 1 is 1.69 bits per heavy atom. The van der Waals surface area contributed by atoms with Crippen LogP contribution in [0.15, 0.2) is 4.52 Å². The topological polar surface area (TPSA) is 68.0 Å². The van der Waals surface area contributed by atoms with Crippen molar-refractivity contribution in [3.8, 4) is 0 Å². The molecule has 1 rings (SSSR count). The number of rotatable bonds is 3. The molecule has 72 valence electrons. The summed E-state index contributed by atoms with van der Waals surface area (Å²) in [5.41, 5.74) is 0. The van der Waals surface area contributed by atoms with Crippen molar-refractivity contribution in [2.24, 2.45) is 0 Å². The zero-order chi connectivity index (χ0) is 9.84. The molecule has 5 heteroatoms. The van der Waals surface area contributed by atoms with Gasteiger partial charge in [0.25, 0.3) is 0 Å². The molecule has 0 aliphatic carbocycles. The zero-order valence-electron chi connectivity index (χ0n) is 8.00. The van der Waals surface area contributed by atoms with Crippen LogP contribution in [0, 0.1) is 6.92 Å². The van der Waals surface area contributed by atoms with Crippen molar-refractivity contribution in [1.29, 1.82) is 0 Å². The van der Waals surface area contributed by atoms with E-state index in [1.807, 2.05) is 6.92 Å². The fourth-order valence-corrected chi connectivity index (χ4v) is 0.899. The summed E-state index contributed by atoms with van der Waals surface area (Å²) in [6.07, 6.45) is 0.459. The highest BCUT2D eigenvalue weighted by atomic mass is 16.5. The second kappa shape index (κ2) is 4.02. The highest BCUT2D eigenvalue weighted by Gasteiger charge is 2.13. The van der Waals surface area contributed by atoms with Crippen molar-refractivity contribution in [1.82, 2.24) is 15.5 Å². The van der Waals surface area contributed by atoms with Gasteiger partial charge in [0.2, 0.25) is 11.8 Å². The van der Waals surface area contributed by atoms with Crippen LogP contribution in [-0.2, 0) is 4.79 Å². The third-order valence-corrected chi connectivity index (χ3v) is 1.63. The maximum Gasteiger partial charge on any atom is 0.223 e. The van der Waals surface area contributed by atoms with Gasteiger partial charge in [0, 0.05) is 13.3 Å². The predicted octanol–water partition coefficient (Wildman–Crippen LogP) is 0.965. The van der Waals surface area contributed by atoms with E-state index in [1.165, 1.54) is 0 Å². The fraction of sp³-hybridized carbons (Fsp3) is 0.625. The minimum Gasteiger partial charge on any atom is -0.346 e. The molecule has 1 aromatic heterocycles. The molecule has 0 aliphatic heterocycles. The molecule has 1 unspecified atom stereocenters. The molecular formula is C8H13N3O2. The number of hydrogen-bond donors (Lipinski definition) is 1. The average molecular weight is 183 g/mol. The molecule has 0 saturated carbocycles. The van der Waals surface area contributed by atoms with Crippen LogP contribution < -0.4 is 5.32 Å². The SMILES string of the molecule is CCC(=O)NC(C)c1noc(C)n1. The molecule has 5 nitrogen and oxygen atoms in total. The van der Waals surface area contributed by atoms with Crippen molar-refractivity contribution in [3.63, 3.8) is 0 Å². The molecule has 0 aliphatic rings. The normalized spacial score (nSPS) is 12.5. The van der Waals surface area contributed by atoms with Gasteiger partial charge in [-0.1, -0.05) is 12.1 Å². The van der Waals surface area contributed by atoms with Gasteiger partial charge in [-0.2, -0.15) is 4.98 Å². The van der Waals surface area contributed by atoms with Crippen LogP contribution in [0.4, 0.5) is 0 Å². The van der Waals surface area contributed by atoms with Crippen molar-refractivity contribution < 1.29 is 9.32 Å². The standard InChI is InChI=1S/C8H13N3O2/c1-4-7(12)9-5(2)8-10-6(3)13-11-8/h5H,4H2,1-3H3,(H,9,12). The minimum absolute atomic E-state index is 0.0186. The van der Waals surface area contributed by atoms with E-state index in [1.54, 1.807) is 13.8 Å². The Balaban J connectivity index is 2.58. The maximum atomic E-state index is 11.0. The Bertz CT molecular complexity index is 295.